The van der Waals surface area contributed by atoms with Gasteiger partial charge in [0.25, 0.3) is 0 Å². The Labute approximate surface area is 122 Å². The molecule has 0 radical (unpaired) electrons. The summed E-state index contributed by atoms with van der Waals surface area (Å²) in [5.74, 6) is 1.11. The number of pyridine rings is 1. The molecule has 1 aromatic heterocycles. The molecule has 3 nitrogen and oxygen atoms in total. The van der Waals surface area contributed by atoms with Gasteiger partial charge in [-0.2, -0.15) is 0 Å². The predicted molar refractivity (Wildman–Crippen MR) is 87.5 cm³/mol. The van der Waals surface area contributed by atoms with Crippen LogP contribution in [0.2, 0.25) is 0 Å². The molecule has 0 saturated heterocycles. The number of aryl methyl sites for hydroxylation is 1. The van der Waals surface area contributed by atoms with Gasteiger partial charge in [0.2, 0.25) is 0 Å². The summed E-state index contributed by atoms with van der Waals surface area (Å²) in [7, 11) is 0. The van der Waals surface area contributed by atoms with Gasteiger partial charge in [0.05, 0.1) is 5.52 Å². The standard InChI is InChI=1S/C17H25N3/c1-5-20(11-10-18-13(2)3)17-14(4)12-15-8-6-7-9-16(15)19-17/h6-9,12-13,18H,5,10-11H2,1-4H3. The van der Waals surface area contributed by atoms with Crippen molar-refractivity contribution >= 4 is 16.7 Å². The Morgan fingerprint density at radius 3 is 2.70 bits per heavy atom. The molecule has 0 aliphatic rings. The van der Waals surface area contributed by atoms with Gasteiger partial charge in [-0.1, -0.05) is 32.0 Å². The number of fused-ring (bicyclic) bond motifs is 1. The van der Waals surface area contributed by atoms with Crippen molar-refractivity contribution in [1.82, 2.24) is 10.3 Å². The van der Waals surface area contributed by atoms with Crippen LogP contribution in [0.3, 0.4) is 0 Å². The summed E-state index contributed by atoms with van der Waals surface area (Å²) in [4.78, 5) is 7.19. The first-order valence-corrected chi connectivity index (χ1v) is 7.46. The molecular formula is C17H25N3. The summed E-state index contributed by atoms with van der Waals surface area (Å²) in [5.41, 5.74) is 2.32. The Hall–Kier alpha value is -1.61. The van der Waals surface area contributed by atoms with Gasteiger partial charge in [-0.25, -0.2) is 4.98 Å². The van der Waals surface area contributed by atoms with Crippen molar-refractivity contribution in [3.05, 3.63) is 35.9 Å². The van der Waals surface area contributed by atoms with E-state index in [1.807, 2.05) is 6.07 Å². The normalized spacial score (nSPS) is 11.2. The van der Waals surface area contributed by atoms with E-state index in [0.717, 1.165) is 31.0 Å². The summed E-state index contributed by atoms with van der Waals surface area (Å²) < 4.78 is 0. The van der Waals surface area contributed by atoms with E-state index in [-0.39, 0.29) is 0 Å². The number of hydrogen-bond acceptors (Lipinski definition) is 3. The molecule has 0 aliphatic heterocycles. The van der Waals surface area contributed by atoms with Gasteiger partial charge in [-0.05, 0) is 31.5 Å². The molecule has 0 bridgehead atoms. The number of benzene rings is 1. The molecule has 0 aliphatic carbocycles. The molecule has 0 saturated carbocycles. The SMILES string of the molecule is CCN(CCNC(C)C)c1nc2ccccc2cc1C. The van der Waals surface area contributed by atoms with E-state index >= 15 is 0 Å². The summed E-state index contributed by atoms with van der Waals surface area (Å²) in [6, 6.07) is 11.1. The van der Waals surface area contributed by atoms with Crippen LogP contribution >= 0.6 is 0 Å². The lowest BCUT2D eigenvalue weighted by Crippen LogP contribution is -2.35. The number of hydrogen-bond donors (Lipinski definition) is 1. The quantitative estimate of drug-likeness (QED) is 0.873. The highest BCUT2D eigenvalue weighted by Crippen LogP contribution is 2.22. The number of anilines is 1. The van der Waals surface area contributed by atoms with Crippen molar-refractivity contribution in [3.8, 4) is 0 Å². The number of aromatic nitrogens is 1. The zero-order valence-electron chi connectivity index (χ0n) is 13.0. The van der Waals surface area contributed by atoms with Gasteiger partial charge in [-0.15, -0.1) is 0 Å². The first kappa shape index (κ1) is 14.8. The first-order valence-electron chi connectivity index (χ1n) is 7.46. The van der Waals surface area contributed by atoms with Crippen molar-refractivity contribution in [2.24, 2.45) is 0 Å². The van der Waals surface area contributed by atoms with Gasteiger partial charge in [0, 0.05) is 31.1 Å². The number of nitrogens with zero attached hydrogens (tertiary/aromatic N) is 2. The highest BCUT2D eigenvalue weighted by molar-refractivity contribution is 5.81. The molecule has 1 heterocycles. The molecule has 0 fully saturated rings. The van der Waals surface area contributed by atoms with Crippen molar-refractivity contribution in [1.29, 1.82) is 0 Å². The lowest BCUT2D eigenvalue weighted by Gasteiger charge is -2.25. The minimum absolute atomic E-state index is 0.527. The fraction of sp³-hybridized carbons (Fsp3) is 0.471. The number of nitrogens with one attached hydrogen (secondary N) is 1. The van der Waals surface area contributed by atoms with Crippen LogP contribution in [0.25, 0.3) is 10.9 Å². The average molecular weight is 271 g/mol. The number of likely N-dealkylation sites (N-methyl/N-ethyl adjacent to an activating group) is 1. The highest BCUT2D eigenvalue weighted by Gasteiger charge is 2.10. The van der Waals surface area contributed by atoms with Gasteiger partial charge < -0.3 is 10.2 Å². The summed E-state index contributed by atoms with van der Waals surface area (Å²) in [5, 5.41) is 4.68. The Bertz CT molecular complexity index is 563. The maximum Gasteiger partial charge on any atom is 0.132 e. The lowest BCUT2D eigenvalue weighted by atomic mass is 10.1. The molecule has 1 aromatic carbocycles. The minimum Gasteiger partial charge on any atom is -0.355 e. The number of para-hydroxylation sites is 1. The monoisotopic (exact) mass is 271 g/mol. The molecule has 108 valence electrons. The molecule has 3 heteroatoms. The Balaban J connectivity index is 2.22. The van der Waals surface area contributed by atoms with Crippen molar-refractivity contribution in [3.63, 3.8) is 0 Å². The number of rotatable bonds is 6. The Kier molecular flexibility index (Phi) is 4.96. The van der Waals surface area contributed by atoms with Crippen LogP contribution in [0.5, 0.6) is 0 Å². The first-order chi connectivity index (χ1) is 9.61. The molecule has 20 heavy (non-hydrogen) atoms. The third kappa shape index (κ3) is 3.48. The van der Waals surface area contributed by atoms with Crippen molar-refractivity contribution in [2.75, 3.05) is 24.5 Å². The van der Waals surface area contributed by atoms with Gasteiger partial charge in [0.15, 0.2) is 0 Å². The van der Waals surface area contributed by atoms with Crippen LogP contribution in [-0.2, 0) is 0 Å². The molecule has 0 unspecified atom stereocenters. The third-order valence-corrected chi connectivity index (χ3v) is 3.50. The second-order valence-corrected chi connectivity index (χ2v) is 5.51. The smallest absolute Gasteiger partial charge is 0.132 e. The van der Waals surface area contributed by atoms with E-state index in [1.54, 1.807) is 0 Å². The summed E-state index contributed by atoms with van der Waals surface area (Å²) in [6.45, 7) is 11.6. The molecule has 2 aromatic rings. The van der Waals surface area contributed by atoms with E-state index in [9.17, 15) is 0 Å². The highest BCUT2D eigenvalue weighted by atomic mass is 15.2. The predicted octanol–water partition coefficient (Wildman–Crippen LogP) is 3.37. The topological polar surface area (TPSA) is 28.2 Å². The maximum absolute atomic E-state index is 4.84. The van der Waals surface area contributed by atoms with Crippen LogP contribution in [0.15, 0.2) is 30.3 Å². The van der Waals surface area contributed by atoms with E-state index in [1.165, 1.54) is 10.9 Å². The van der Waals surface area contributed by atoms with Crippen LogP contribution in [0.1, 0.15) is 26.3 Å². The summed E-state index contributed by atoms with van der Waals surface area (Å²) in [6.07, 6.45) is 0. The van der Waals surface area contributed by atoms with E-state index < -0.39 is 0 Å². The molecule has 0 spiro atoms. The third-order valence-electron chi connectivity index (χ3n) is 3.50. The molecular weight excluding hydrogens is 246 g/mol. The zero-order chi connectivity index (χ0) is 14.5. The molecule has 0 amide bonds. The van der Waals surface area contributed by atoms with Crippen LogP contribution < -0.4 is 10.2 Å². The van der Waals surface area contributed by atoms with Crippen molar-refractivity contribution < 1.29 is 0 Å². The average Bonchev–Trinajstić information content (AvgIpc) is 2.43. The minimum atomic E-state index is 0.527. The lowest BCUT2D eigenvalue weighted by molar-refractivity contribution is 0.582. The molecule has 1 N–H and O–H groups in total. The second kappa shape index (κ2) is 6.71. The largest absolute Gasteiger partial charge is 0.355 e. The zero-order valence-corrected chi connectivity index (χ0v) is 13.0. The van der Waals surface area contributed by atoms with E-state index in [0.29, 0.717) is 6.04 Å². The molecule has 0 atom stereocenters. The second-order valence-electron chi connectivity index (χ2n) is 5.51. The van der Waals surface area contributed by atoms with Crippen LogP contribution in [0.4, 0.5) is 5.82 Å². The van der Waals surface area contributed by atoms with Crippen LogP contribution in [0, 0.1) is 6.92 Å². The fourth-order valence-electron chi connectivity index (χ4n) is 2.43. The van der Waals surface area contributed by atoms with Crippen molar-refractivity contribution in [2.45, 2.75) is 33.7 Å². The summed E-state index contributed by atoms with van der Waals surface area (Å²) >= 11 is 0. The van der Waals surface area contributed by atoms with Crippen LogP contribution in [-0.4, -0.2) is 30.7 Å². The van der Waals surface area contributed by atoms with Gasteiger partial charge in [0.1, 0.15) is 5.82 Å². The maximum atomic E-state index is 4.84. The Morgan fingerprint density at radius 2 is 2.00 bits per heavy atom. The fourth-order valence-corrected chi connectivity index (χ4v) is 2.43. The Morgan fingerprint density at radius 1 is 1.25 bits per heavy atom. The van der Waals surface area contributed by atoms with Gasteiger partial charge in [-0.3, -0.25) is 0 Å². The molecule has 2 rings (SSSR count). The van der Waals surface area contributed by atoms with Gasteiger partial charge >= 0.3 is 0 Å². The van der Waals surface area contributed by atoms with E-state index in [2.05, 4.69) is 62.2 Å². The van der Waals surface area contributed by atoms with E-state index in [4.69, 9.17) is 4.98 Å².